The molecule has 2 heteroatoms. The van der Waals surface area contributed by atoms with Crippen LogP contribution in [0.25, 0.3) is 10.8 Å². The third-order valence-electron chi connectivity index (χ3n) is 3.55. The molecule has 0 unspecified atom stereocenters. The SMILES string of the molecule is Cc1ccccc1CC(=O)c1nccc2ccccc12. The molecule has 98 valence electrons. The number of carbonyl (C=O) groups excluding carboxylic acids is 1. The maximum atomic E-state index is 12.5. The highest BCUT2D eigenvalue weighted by atomic mass is 16.1. The number of aryl methyl sites for hydroxylation is 1. The Morgan fingerprint density at radius 3 is 2.60 bits per heavy atom. The second kappa shape index (κ2) is 5.25. The molecule has 2 nitrogen and oxygen atoms in total. The lowest BCUT2D eigenvalue weighted by molar-refractivity contribution is 0.0990. The van der Waals surface area contributed by atoms with Crippen molar-refractivity contribution in [3.8, 4) is 0 Å². The van der Waals surface area contributed by atoms with Crippen molar-refractivity contribution in [1.82, 2.24) is 4.98 Å². The molecule has 0 fully saturated rings. The van der Waals surface area contributed by atoms with Crippen molar-refractivity contribution in [2.75, 3.05) is 0 Å². The summed E-state index contributed by atoms with van der Waals surface area (Å²) < 4.78 is 0. The van der Waals surface area contributed by atoms with Crippen molar-refractivity contribution in [2.45, 2.75) is 13.3 Å². The van der Waals surface area contributed by atoms with Crippen LogP contribution < -0.4 is 0 Å². The summed E-state index contributed by atoms with van der Waals surface area (Å²) in [5.41, 5.74) is 2.76. The zero-order chi connectivity index (χ0) is 13.9. The van der Waals surface area contributed by atoms with E-state index in [-0.39, 0.29) is 5.78 Å². The van der Waals surface area contributed by atoms with E-state index < -0.39 is 0 Å². The molecule has 0 saturated heterocycles. The van der Waals surface area contributed by atoms with Crippen molar-refractivity contribution in [1.29, 1.82) is 0 Å². The summed E-state index contributed by atoms with van der Waals surface area (Å²) in [6.45, 7) is 2.03. The lowest BCUT2D eigenvalue weighted by Crippen LogP contribution is -2.07. The summed E-state index contributed by atoms with van der Waals surface area (Å²) in [6.07, 6.45) is 2.10. The molecule has 1 aromatic heterocycles. The van der Waals surface area contributed by atoms with E-state index in [4.69, 9.17) is 0 Å². The van der Waals surface area contributed by atoms with Gasteiger partial charge in [0, 0.05) is 18.0 Å². The number of hydrogen-bond donors (Lipinski definition) is 0. The molecule has 0 radical (unpaired) electrons. The molecule has 20 heavy (non-hydrogen) atoms. The van der Waals surface area contributed by atoms with E-state index in [9.17, 15) is 4.79 Å². The van der Waals surface area contributed by atoms with Crippen molar-refractivity contribution in [3.63, 3.8) is 0 Å². The molecule has 1 heterocycles. The minimum Gasteiger partial charge on any atom is -0.292 e. The van der Waals surface area contributed by atoms with Gasteiger partial charge in [0.2, 0.25) is 0 Å². The third kappa shape index (κ3) is 2.32. The van der Waals surface area contributed by atoms with Gasteiger partial charge in [-0.15, -0.1) is 0 Å². The Balaban J connectivity index is 1.99. The van der Waals surface area contributed by atoms with Crippen molar-refractivity contribution in [2.24, 2.45) is 0 Å². The monoisotopic (exact) mass is 261 g/mol. The molecule has 0 atom stereocenters. The van der Waals surface area contributed by atoms with Gasteiger partial charge in [-0.1, -0.05) is 48.5 Å². The summed E-state index contributed by atoms with van der Waals surface area (Å²) >= 11 is 0. The highest BCUT2D eigenvalue weighted by molar-refractivity contribution is 6.07. The van der Waals surface area contributed by atoms with Gasteiger partial charge >= 0.3 is 0 Å². The molecule has 0 amide bonds. The molecule has 0 bridgehead atoms. The molecule has 0 aliphatic carbocycles. The van der Waals surface area contributed by atoms with E-state index in [0.717, 1.165) is 21.9 Å². The van der Waals surface area contributed by atoms with Gasteiger partial charge in [-0.2, -0.15) is 0 Å². The Bertz CT molecular complexity index is 772. The number of carbonyl (C=O) groups is 1. The standard InChI is InChI=1S/C18H15NO/c1-13-6-2-3-8-15(13)12-17(20)18-16-9-5-4-7-14(16)10-11-19-18/h2-11H,12H2,1H3. The van der Waals surface area contributed by atoms with Gasteiger partial charge in [0.05, 0.1) is 0 Å². The quantitative estimate of drug-likeness (QED) is 0.668. The summed E-state index contributed by atoms with van der Waals surface area (Å²) in [6, 6.07) is 17.8. The van der Waals surface area contributed by atoms with E-state index in [1.165, 1.54) is 0 Å². The Morgan fingerprint density at radius 1 is 1.00 bits per heavy atom. The van der Waals surface area contributed by atoms with Crippen LogP contribution >= 0.6 is 0 Å². The first-order valence-electron chi connectivity index (χ1n) is 6.67. The van der Waals surface area contributed by atoms with Gasteiger partial charge in [-0.3, -0.25) is 9.78 Å². The van der Waals surface area contributed by atoms with E-state index >= 15 is 0 Å². The number of benzene rings is 2. The number of nitrogens with zero attached hydrogens (tertiary/aromatic N) is 1. The fourth-order valence-corrected chi connectivity index (χ4v) is 2.41. The normalized spacial score (nSPS) is 10.7. The average molecular weight is 261 g/mol. The molecule has 0 aliphatic rings. The summed E-state index contributed by atoms with van der Waals surface area (Å²) in [5, 5.41) is 1.98. The lowest BCUT2D eigenvalue weighted by Gasteiger charge is -2.07. The van der Waals surface area contributed by atoms with Crippen LogP contribution in [-0.2, 0) is 6.42 Å². The van der Waals surface area contributed by atoms with Gasteiger partial charge in [0.25, 0.3) is 0 Å². The van der Waals surface area contributed by atoms with E-state index in [1.807, 2.05) is 61.5 Å². The highest BCUT2D eigenvalue weighted by Crippen LogP contribution is 2.19. The van der Waals surface area contributed by atoms with Crippen LogP contribution in [0.2, 0.25) is 0 Å². The topological polar surface area (TPSA) is 30.0 Å². The van der Waals surface area contributed by atoms with Crippen LogP contribution in [0.15, 0.2) is 60.8 Å². The third-order valence-corrected chi connectivity index (χ3v) is 3.55. The van der Waals surface area contributed by atoms with Crippen LogP contribution in [0.4, 0.5) is 0 Å². The Morgan fingerprint density at radius 2 is 1.75 bits per heavy atom. The maximum absolute atomic E-state index is 12.5. The number of pyridine rings is 1. The lowest BCUT2D eigenvalue weighted by atomic mass is 9.99. The van der Waals surface area contributed by atoms with Gasteiger partial charge < -0.3 is 0 Å². The van der Waals surface area contributed by atoms with Crippen LogP contribution in [-0.4, -0.2) is 10.8 Å². The van der Waals surface area contributed by atoms with Crippen LogP contribution in [0.1, 0.15) is 21.6 Å². The summed E-state index contributed by atoms with van der Waals surface area (Å²) in [4.78, 5) is 16.8. The zero-order valence-electron chi connectivity index (χ0n) is 11.3. The van der Waals surface area contributed by atoms with E-state index in [0.29, 0.717) is 12.1 Å². The van der Waals surface area contributed by atoms with E-state index in [2.05, 4.69) is 4.98 Å². The fourth-order valence-electron chi connectivity index (χ4n) is 2.41. The van der Waals surface area contributed by atoms with Crippen LogP contribution in [0, 0.1) is 6.92 Å². The molecule has 3 aromatic rings. The molecular formula is C18H15NO. The number of hydrogen-bond acceptors (Lipinski definition) is 2. The van der Waals surface area contributed by atoms with Crippen molar-refractivity contribution in [3.05, 3.63) is 77.6 Å². The van der Waals surface area contributed by atoms with Crippen molar-refractivity contribution < 1.29 is 4.79 Å². The Hall–Kier alpha value is -2.48. The highest BCUT2D eigenvalue weighted by Gasteiger charge is 2.13. The Labute approximate surface area is 118 Å². The largest absolute Gasteiger partial charge is 0.292 e. The van der Waals surface area contributed by atoms with E-state index in [1.54, 1.807) is 6.20 Å². The second-order valence-corrected chi connectivity index (χ2v) is 4.91. The van der Waals surface area contributed by atoms with Gasteiger partial charge in [-0.05, 0) is 29.5 Å². The van der Waals surface area contributed by atoms with Gasteiger partial charge in [0.1, 0.15) is 5.69 Å². The molecule has 0 aliphatic heterocycles. The molecule has 0 N–H and O–H groups in total. The van der Waals surface area contributed by atoms with Crippen molar-refractivity contribution >= 4 is 16.6 Å². The predicted octanol–water partition coefficient (Wildman–Crippen LogP) is 3.97. The summed E-state index contributed by atoms with van der Waals surface area (Å²) in [7, 11) is 0. The molecule has 0 saturated carbocycles. The fraction of sp³-hybridized carbons (Fsp3) is 0.111. The first-order valence-corrected chi connectivity index (χ1v) is 6.67. The first-order chi connectivity index (χ1) is 9.75. The van der Waals surface area contributed by atoms with Crippen LogP contribution in [0.3, 0.4) is 0 Å². The number of aromatic nitrogens is 1. The first kappa shape index (κ1) is 12.5. The Kier molecular flexibility index (Phi) is 3.30. The number of rotatable bonds is 3. The zero-order valence-corrected chi connectivity index (χ0v) is 11.3. The molecule has 0 spiro atoms. The number of ketones is 1. The van der Waals surface area contributed by atoms with Crippen LogP contribution in [0.5, 0.6) is 0 Å². The number of Topliss-reactive ketones (excluding diaryl/α,β-unsaturated/α-hetero) is 1. The molecule has 2 aromatic carbocycles. The minimum absolute atomic E-state index is 0.0658. The minimum atomic E-state index is 0.0658. The van der Waals surface area contributed by atoms with Gasteiger partial charge in [-0.25, -0.2) is 0 Å². The second-order valence-electron chi connectivity index (χ2n) is 4.91. The smallest absolute Gasteiger partial charge is 0.186 e. The average Bonchev–Trinajstić information content (AvgIpc) is 2.49. The maximum Gasteiger partial charge on any atom is 0.186 e. The summed E-state index contributed by atoms with van der Waals surface area (Å²) in [5.74, 6) is 0.0658. The molecular weight excluding hydrogens is 246 g/mol. The predicted molar refractivity (Wildman–Crippen MR) is 81.0 cm³/mol. The number of fused-ring (bicyclic) bond motifs is 1. The van der Waals surface area contributed by atoms with Gasteiger partial charge in [0.15, 0.2) is 5.78 Å². The molecule has 3 rings (SSSR count).